The van der Waals surface area contributed by atoms with Crippen molar-refractivity contribution in [3.8, 4) is 17.0 Å². The molecule has 0 spiro atoms. The molecular formula is C22H26N4O2. The number of nitrogens with one attached hydrogen (secondary N) is 1. The molecule has 1 atom stereocenters. The third-order valence-electron chi connectivity index (χ3n) is 5.26. The van der Waals surface area contributed by atoms with Gasteiger partial charge in [0, 0.05) is 30.5 Å². The normalized spacial score (nSPS) is 16.1. The van der Waals surface area contributed by atoms with Crippen molar-refractivity contribution in [1.29, 1.82) is 0 Å². The van der Waals surface area contributed by atoms with Crippen molar-refractivity contribution in [2.45, 2.75) is 39.3 Å². The third-order valence-corrected chi connectivity index (χ3v) is 5.26. The zero-order chi connectivity index (χ0) is 19.5. The van der Waals surface area contributed by atoms with Crippen LogP contribution in [-0.2, 0) is 6.54 Å². The highest BCUT2D eigenvalue weighted by molar-refractivity contribution is 5.94. The van der Waals surface area contributed by atoms with E-state index in [0.717, 1.165) is 36.4 Å². The maximum Gasteiger partial charge on any atom is 0.272 e. The molecule has 0 unspecified atom stereocenters. The van der Waals surface area contributed by atoms with E-state index < -0.39 is 0 Å². The summed E-state index contributed by atoms with van der Waals surface area (Å²) in [6, 6.07) is 13.9. The lowest BCUT2D eigenvalue weighted by Crippen LogP contribution is -2.42. The second-order valence-electron chi connectivity index (χ2n) is 7.03. The number of nitrogens with zero attached hydrogens (tertiary/aromatic N) is 3. The molecule has 1 N–H and O–H groups in total. The van der Waals surface area contributed by atoms with Crippen LogP contribution in [0.4, 0.5) is 0 Å². The summed E-state index contributed by atoms with van der Waals surface area (Å²) in [6.07, 6.45) is 4.07. The fraction of sp³-hybridized carbons (Fsp3) is 0.364. The van der Waals surface area contributed by atoms with Crippen molar-refractivity contribution in [1.82, 2.24) is 19.7 Å². The van der Waals surface area contributed by atoms with Crippen LogP contribution in [-0.4, -0.2) is 38.7 Å². The SMILES string of the molecule is CCC[C@@H]1c2cccn2CCN1C(=O)c1cc(-c2ccccc2OCC)n[nH]1. The molecule has 28 heavy (non-hydrogen) atoms. The monoisotopic (exact) mass is 378 g/mol. The molecule has 3 aromatic rings. The summed E-state index contributed by atoms with van der Waals surface area (Å²) in [7, 11) is 0. The van der Waals surface area contributed by atoms with Crippen LogP contribution < -0.4 is 4.74 Å². The number of ether oxygens (including phenoxy) is 1. The number of aromatic amines is 1. The molecule has 1 aliphatic rings. The van der Waals surface area contributed by atoms with Gasteiger partial charge in [0.25, 0.3) is 5.91 Å². The zero-order valence-electron chi connectivity index (χ0n) is 16.4. The van der Waals surface area contributed by atoms with Crippen molar-refractivity contribution in [2.75, 3.05) is 13.2 Å². The van der Waals surface area contributed by atoms with E-state index in [1.54, 1.807) is 0 Å². The van der Waals surface area contributed by atoms with Gasteiger partial charge in [0.05, 0.1) is 18.3 Å². The molecule has 0 saturated heterocycles. The Hall–Kier alpha value is -3.02. The predicted octanol–water partition coefficient (Wildman–Crippen LogP) is 4.27. The molecule has 6 nitrogen and oxygen atoms in total. The summed E-state index contributed by atoms with van der Waals surface area (Å²) in [5.41, 5.74) is 3.34. The Morgan fingerprint density at radius 3 is 2.89 bits per heavy atom. The lowest BCUT2D eigenvalue weighted by Gasteiger charge is -2.36. The van der Waals surface area contributed by atoms with Crippen molar-refractivity contribution < 1.29 is 9.53 Å². The molecule has 3 heterocycles. The van der Waals surface area contributed by atoms with Gasteiger partial charge in [-0.05, 0) is 43.7 Å². The zero-order valence-corrected chi connectivity index (χ0v) is 16.4. The second-order valence-corrected chi connectivity index (χ2v) is 7.03. The van der Waals surface area contributed by atoms with Crippen LogP contribution in [0.2, 0.25) is 0 Å². The lowest BCUT2D eigenvalue weighted by molar-refractivity contribution is 0.0604. The number of H-pyrrole nitrogens is 1. The number of carbonyl (C=O) groups excluding carboxylic acids is 1. The summed E-state index contributed by atoms with van der Waals surface area (Å²) < 4.78 is 7.96. The van der Waals surface area contributed by atoms with Gasteiger partial charge in [-0.25, -0.2) is 0 Å². The van der Waals surface area contributed by atoms with Crippen LogP contribution in [0.15, 0.2) is 48.7 Å². The van der Waals surface area contributed by atoms with E-state index in [0.29, 0.717) is 18.8 Å². The first kappa shape index (κ1) is 18.3. The first-order valence-electron chi connectivity index (χ1n) is 9.96. The van der Waals surface area contributed by atoms with E-state index in [-0.39, 0.29) is 11.9 Å². The van der Waals surface area contributed by atoms with E-state index in [1.165, 1.54) is 5.69 Å². The Labute approximate surface area is 165 Å². The third kappa shape index (κ3) is 3.30. The first-order valence-corrected chi connectivity index (χ1v) is 9.96. The number of rotatable bonds is 6. The van der Waals surface area contributed by atoms with E-state index in [2.05, 4.69) is 40.0 Å². The Bertz CT molecular complexity index is 959. The fourth-order valence-electron chi connectivity index (χ4n) is 3.97. The minimum atomic E-state index is -0.00135. The topological polar surface area (TPSA) is 63.1 Å². The molecule has 0 fully saturated rings. The molecule has 0 bridgehead atoms. The van der Waals surface area contributed by atoms with Crippen molar-refractivity contribution >= 4 is 5.91 Å². The molecule has 6 heteroatoms. The highest BCUT2D eigenvalue weighted by atomic mass is 16.5. The molecule has 0 saturated carbocycles. The summed E-state index contributed by atoms with van der Waals surface area (Å²) >= 11 is 0. The average Bonchev–Trinajstić information content (AvgIpc) is 3.38. The smallest absolute Gasteiger partial charge is 0.272 e. The maximum atomic E-state index is 13.3. The van der Waals surface area contributed by atoms with Crippen LogP contribution in [0.5, 0.6) is 5.75 Å². The number of amides is 1. The first-order chi connectivity index (χ1) is 13.7. The second kappa shape index (κ2) is 7.92. The van der Waals surface area contributed by atoms with Gasteiger partial charge < -0.3 is 14.2 Å². The number of hydrogen-bond donors (Lipinski definition) is 1. The average molecular weight is 378 g/mol. The molecule has 4 rings (SSSR count). The van der Waals surface area contributed by atoms with Gasteiger partial charge in [0.15, 0.2) is 0 Å². The summed E-state index contributed by atoms with van der Waals surface area (Å²) in [4.78, 5) is 15.3. The number of carbonyl (C=O) groups is 1. The summed E-state index contributed by atoms with van der Waals surface area (Å²) in [5.74, 6) is 0.772. The van der Waals surface area contributed by atoms with Gasteiger partial charge in [-0.2, -0.15) is 5.10 Å². The van der Waals surface area contributed by atoms with Gasteiger partial charge in [-0.1, -0.05) is 25.5 Å². The van der Waals surface area contributed by atoms with Crippen LogP contribution in [0, 0.1) is 0 Å². The number of aromatic nitrogens is 3. The van der Waals surface area contributed by atoms with Gasteiger partial charge in [-0.3, -0.25) is 9.89 Å². The van der Waals surface area contributed by atoms with Crippen molar-refractivity contribution in [3.63, 3.8) is 0 Å². The fourth-order valence-corrected chi connectivity index (χ4v) is 3.97. The molecule has 1 aliphatic heterocycles. The van der Waals surface area contributed by atoms with E-state index in [1.807, 2.05) is 42.2 Å². The molecule has 0 aliphatic carbocycles. The standard InChI is InChI=1S/C22H26N4O2/c1-3-8-20-19-10-7-12-25(19)13-14-26(20)22(27)18-15-17(23-24-18)16-9-5-6-11-21(16)28-4-2/h5-7,9-12,15,20H,3-4,8,13-14H2,1-2H3,(H,23,24)/t20-/m1/s1. The lowest BCUT2D eigenvalue weighted by atomic mass is 10.0. The summed E-state index contributed by atoms with van der Waals surface area (Å²) in [5, 5.41) is 7.34. The predicted molar refractivity (Wildman–Crippen MR) is 108 cm³/mol. The number of hydrogen-bond acceptors (Lipinski definition) is 3. The molecule has 1 aromatic carbocycles. The van der Waals surface area contributed by atoms with Gasteiger partial charge in [0.1, 0.15) is 11.4 Å². The van der Waals surface area contributed by atoms with Gasteiger partial charge in [-0.15, -0.1) is 0 Å². The molecule has 1 amide bonds. The van der Waals surface area contributed by atoms with E-state index in [4.69, 9.17) is 4.74 Å². The Kier molecular flexibility index (Phi) is 5.19. The minimum absolute atomic E-state index is 0.00135. The molecular weight excluding hydrogens is 352 g/mol. The molecule has 0 radical (unpaired) electrons. The minimum Gasteiger partial charge on any atom is -0.493 e. The highest BCUT2D eigenvalue weighted by Crippen LogP contribution is 2.32. The largest absolute Gasteiger partial charge is 0.493 e. The maximum absolute atomic E-state index is 13.3. The Balaban J connectivity index is 1.61. The summed E-state index contributed by atoms with van der Waals surface area (Å²) in [6.45, 7) is 6.22. The number of para-hydroxylation sites is 1. The van der Waals surface area contributed by atoms with Crippen LogP contribution in [0.3, 0.4) is 0 Å². The number of benzene rings is 1. The quantitative estimate of drug-likeness (QED) is 0.696. The van der Waals surface area contributed by atoms with E-state index in [9.17, 15) is 4.79 Å². The molecule has 146 valence electrons. The molecule has 2 aromatic heterocycles. The van der Waals surface area contributed by atoms with Crippen LogP contribution in [0.25, 0.3) is 11.3 Å². The van der Waals surface area contributed by atoms with Gasteiger partial charge >= 0.3 is 0 Å². The van der Waals surface area contributed by atoms with Crippen molar-refractivity contribution in [3.05, 3.63) is 60.0 Å². The highest BCUT2D eigenvalue weighted by Gasteiger charge is 2.31. The number of fused-ring (bicyclic) bond motifs is 1. The van der Waals surface area contributed by atoms with Crippen LogP contribution in [0.1, 0.15) is 48.9 Å². The van der Waals surface area contributed by atoms with Gasteiger partial charge in [0.2, 0.25) is 0 Å². The van der Waals surface area contributed by atoms with E-state index >= 15 is 0 Å². The Morgan fingerprint density at radius 2 is 2.07 bits per heavy atom. The van der Waals surface area contributed by atoms with Crippen molar-refractivity contribution in [2.24, 2.45) is 0 Å². The Morgan fingerprint density at radius 1 is 1.21 bits per heavy atom. The van der Waals surface area contributed by atoms with Crippen LogP contribution >= 0.6 is 0 Å².